The van der Waals surface area contributed by atoms with Crippen LogP contribution in [0.2, 0.25) is 0 Å². The van der Waals surface area contributed by atoms with Crippen LogP contribution in [-0.4, -0.2) is 5.11 Å². The monoisotopic (exact) mass is 632 g/mol. The number of anilines is 2. The van der Waals surface area contributed by atoms with Crippen LogP contribution in [0, 0.1) is 13.6 Å². The van der Waals surface area contributed by atoms with Crippen molar-refractivity contribution in [2.24, 2.45) is 0 Å². The van der Waals surface area contributed by atoms with Crippen LogP contribution in [0.3, 0.4) is 0 Å². The van der Waals surface area contributed by atoms with Gasteiger partial charge in [0.1, 0.15) is 5.75 Å². The average molecular weight is 633 g/mol. The van der Waals surface area contributed by atoms with Crippen LogP contribution in [0.5, 0.6) is 5.75 Å². The molecule has 2 saturated carbocycles. The van der Waals surface area contributed by atoms with Gasteiger partial charge < -0.3 is 14.9 Å². The fourth-order valence-electron chi connectivity index (χ4n) is 8.24. The minimum Gasteiger partial charge on any atom is -0.506 e. The van der Waals surface area contributed by atoms with Gasteiger partial charge in [-0.25, -0.2) is 0 Å². The number of phenolic OH excluding ortho intramolecular Hbond substituents is 1. The van der Waals surface area contributed by atoms with Crippen molar-refractivity contribution >= 4 is 11.4 Å². The summed E-state index contributed by atoms with van der Waals surface area (Å²) in [4.78, 5) is 4.89. The molecule has 3 nitrogen and oxygen atoms in total. The first kappa shape index (κ1) is 30.8. The molecule has 2 aliphatic carbocycles. The Morgan fingerprint density at radius 2 is 1.11 bits per heavy atom. The van der Waals surface area contributed by atoms with Crippen LogP contribution in [0.15, 0.2) is 97.1 Å². The molecule has 1 aliphatic heterocycles. The molecule has 3 aliphatic rings. The third-order valence-corrected chi connectivity index (χ3v) is 10.3. The molecule has 3 fully saturated rings. The van der Waals surface area contributed by atoms with Crippen LogP contribution in [0.4, 0.5) is 11.4 Å². The van der Waals surface area contributed by atoms with Gasteiger partial charge in [-0.05, 0) is 84.4 Å². The van der Waals surface area contributed by atoms with Crippen molar-refractivity contribution in [3.8, 4) is 5.75 Å². The maximum absolute atomic E-state index is 11.2. The summed E-state index contributed by atoms with van der Waals surface area (Å²) in [6.07, 6.45) is 13.3. The van der Waals surface area contributed by atoms with Crippen molar-refractivity contribution in [1.82, 2.24) is 0 Å². The molecule has 4 heteroatoms. The Morgan fingerprint density at radius 1 is 0.591 bits per heavy atom. The number of rotatable bonds is 6. The largest absolute Gasteiger partial charge is 1.00 e. The molecule has 0 aromatic heterocycles. The van der Waals surface area contributed by atoms with E-state index < -0.39 is 0 Å². The second kappa shape index (κ2) is 13.8. The third-order valence-electron chi connectivity index (χ3n) is 10.3. The zero-order valence-corrected chi connectivity index (χ0v) is 26.8. The minimum absolute atomic E-state index is 0. The molecule has 44 heavy (non-hydrogen) atoms. The summed E-state index contributed by atoms with van der Waals surface area (Å²) in [5.41, 5.74) is 9.24. The Labute approximate surface area is 274 Å². The number of nitrogens with zero attached hydrogens (tertiary/aromatic N) is 2. The Balaban J connectivity index is 0.00000343. The van der Waals surface area contributed by atoms with E-state index in [1.807, 2.05) is 18.2 Å². The fraction of sp³-hybridized carbons (Fsp3) is 0.375. The van der Waals surface area contributed by atoms with Crippen LogP contribution in [-0.2, 0) is 17.1 Å². The summed E-state index contributed by atoms with van der Waals surface area (Å²) >= 11 is 0. The van der Waals surface area contributed by atoms with E-state index in [0.717, 1.165) is 5.69 Å². The number of benzene rings is 4. The number of hydrogen-bond donors (Lipinski definition) is 1. The van der Waals surface area contributed by atoms with Crippen LogP contribution >= 0.6 is 0 Å². The number of hydrogen-bond acceptors (Lipinski definition) is 3. The normalized spacial score (nSPS) is 21.3. The van der Waals surface area contributed by atoms with Gasteiger partial charge in [0, 0.05) is 5.69 Å². The van der Waals surface area contributed by atoms with Gasteiger partial charge in [0.25, 0.3) is 0 Å². The van der Waals surface area contributed by atoms with Gasteiger partial charge >= 0.3 is 17.1 Å². The van der Waals surface area contributed by atoms with Gasteiger partial charge in [-0.3, -0.25) is 0 Å². The molecule has 0 unspecified atom stereocenters. The summed E-state index contributed by atoms with van der Waals surface area (Å²) in [7, 11) is 0. The van der Waals surface area contributed by atoms with Crippen molar-refractivity contribution in [2.75, 3.05) is 9.80 Å². The maximum Gasteiger partial charge on any atom is 1.00 e. The fourth-order valence-corrected chi connectivity index (χ4v) is 8.24. The molecule has 2 atom stereocenters. The Kier molecular flexibility index (Phi) is 9.69. The maximum atomic E-state index is 11.2. The second-order valence-corrected chi connectivity index (χ2v) is 13.1. The predicted octanol–water partition coefficient (Wildman–Crippen LogP) is 10.7. The molecule has 0 radical (unpaired) electrons. The Morgan fingerprint density at radius 3 is 1.70 bits per heavy atom. The molecule has 1 N–H and O–H groups in total. The van der Waals surface area contributed by atoms with E-state index in [-0.39, 0.29) is 29.2 Å². The molecule has 0 bridgehead atoms. The van der Waals surface area contributed by atoms with Gasteiger partial charge in [-0.15, -0.1) is 0 Å². The van der Waals surface area contributed by atoms with E-state index in [2.05, 4.69) is 102 Å². The summed E-state index contributed by atoms with van der Waals surface area (Å²) in [5.74, 6) is 1.58. The first-order chi connectivity index (χ1) is 21.2. The van der Waals surface area contributed by atoms with Crippen molar-refractivity contribution in [2.45, 2.75) is 95.1 Å². The quantitative estimate of drug-likeness (QED) is 0.169. The van der Waals surface area contributed by atoms with Crippen LogP contribution < -0.4 is 9.80 Å². The zero-order chi connectivity index (χ0) is 29.2. The molecular formula is C40H45CuN2O. The first-order valence-corrected chi connectivity index (χ1v) is 16.6. The molecule has 0 spiro atoms. The van der Waals surface area contributed by atoms with Gasteiger partial charge in [-0.1, -0.05) is 123 Å². The van der Waals surface area contributed by atoms with E-state index in [0.29, 0.717) is 17.6 Å². The van der Waals surface area contributed by atoms with Crippen molar-refractivity contribution in [1.29, 1.82) is 0 Å². The van der Waals surface area contributed by atoms with E-state index in [1.54, 1.807) is 11.1 Å². The third kappa shape index (κ3) is 6.04. The van der Waals surface area contributed by atoms with Crippen LogP contribution in [0.25, 0.3) is 0 Å². The van der Waals surface area contributed by atoms with E-state index >= 15 is 0 Å². The smallest absolute Gasteiger partial charge is 0.506 e. The molecule has 232 valence electrons. The van der Waals surface area contributed by atoms with E-state index in [9.17, 15) is 5.11 Å². The van der Waals surface area contributed by atoms with E-state index in [1.165, 1.54) is 86.6 Å². The summed E-state index contributed by atoms with van der Waals surface area (Å²) < 4.78 is 0. The second-order valence-electron chi connectivity index (χ2n) is 13.1. The topological polar surface area (TPSA) is 26.7 Å². The Hall–Kier alpha value is -3.20. The minimum atomic E-state index is -0.00599. The van der Waals surface area contributed by atoms with Gasteiger partial charge in [-0.2, -0.15) is 6.67 Å². The van der Waals surface area contributed by atoms with E-state index in [4.69, 9.17) is 0 Å². The molecule has 1 heterocycles. The number of aromatic hydroxyl groups is 1. The van der Waals surface area contributed by atoms with Crippen molar-refractivity contribution < 1.29 is 22.2 Å². The Bertz CT molecular complexity index is 1510. The van der Waals surface area contributed by atoms with Gasteiger partial charge in [0.05, 0.1) is 17.8 Å². The summed E-state index contributed by atoms with van der Waals surface area (Å²) in [6.45, 7) is 4.66. The number of aryl methyl sites for hydroxylation is 1. The zero-order valence-electron chi connectivity index (χ0n) is 25.8. The molecule has 0 amide bonds. The SMILES string of the molecule is Cc1cc(C2CCCCC2)cc(C2CCCCC2)c1N1[CH-]N(c2ccccc2O)[C@@H](c2ccccc2)[C@@H]1c1ccccc1.[Cu+]. The standard InChI is InChI=1S/C40H45N2O.Cu/c1-29-26-34(30-16-6-2-7-17-30)27-35(31-18-8-3-9-19-31)38(29)42-28-41(36-24-14-15-25-37(36)43)39(32-20-10-4-11-21-32)40(42)33-22-12-5-13-23-33;/h4-5,10-15,20-28,30-31,39-40,43H,2-3,6-9,16-19H2,1H3;/q-1;+1/t39-,40-;/m0./s1. The average Bonchev–Trinajstić information content (AvgIpc) is 3.46. The summed E-state index contributed by atoms with van der Waals surface area (Å²) in [6, 6.07) is 34.9. The molecule has 4 aromatic rings. The molecule has 4 aromatic carbocycles. The predicted molar refractivity (Wildman–Crippen MR) is 179 cm³/mol. The number of para-hydroxylation sites is 2. The first-order valence-electron chi connectivity index (χ1n) is 16.6. The molecule has 1 saturated heterocycles. The summed E-state index contributed by atoms with van der Waals surface area (Å²) in [5, 5.41) is 11.2. The van der Waals surface area contributed by atoms with Crippen LogP contribution in [0.1, 0.15) is 116 Å². The van der Waals surface area contributed by atoms with Crippen molar-refractivity contribution in [3.63, 3.8) is 0 Å². The molecular weight excluding hydrogens is 588 g/mol. The van der Waals surface area contributed by atoms with Crippen molar-refractivity contribution in [3.05, 3.63) is 132 Å². The van der Waals surface area contributed by atoms with Gasteiger partial charge in [0.2, 0.25) is 0 Å². The van der Waals surface area contributed by atoms with Gasteiger partial charge in [0.15, 0.2) is 0 Å². The number of phenols is 1. The molecule has 7 rings (SSSR count).